The maximum absolute atomic E-state index is 12.2. The second-order valence-electron chi connectivity index (χ2n) is 7.61. The number of aromatic nitrogens is 1. The van der Waals surface area contributed by atoms with Gasteiger partial charge in [0.2, 0.25) is 5.91 Å². The first-order chi connectivity index (χ1) is 14.0. The van der Waals surface area contributed by atoms with Gasteiger partial charge in [-0.2, -0.15) is 0 Å². The maximum atomic E-state index is 12.2. The van der Waals surface area contributed by atoms with Gasteiger partial charge < -0.3 is 16.8 Å². The number of carboxylic acid groups (broad SMARTS) is 1. The summed E-state index contributed by atoms with van der Waals surface area (Å²) in [5, 5.41) is 12.9. The van der Waals surface area contributed by atoms with E-state index in [1.54, 1.807) is 6.20 Å². The quantitative estimate of drug-likeness (QED) is 0.243. The SMILES string of the molecule is CCCCCCCCCC(=O)CC(=O)NC(Cc1c[nH]c2ccccc12)C(=O)O.[H-].[Na+]. The molecule has 2 aromatic rings. The van der Waals surface area contributed by atoms with Crippen molar-refractivity contribution in [3.8, 4) is 0 Å². The average Bonchev–Trinajstić information content (AvgIpc) is 3.09. The molecule has 1 unspecified atom stereocenters. The number of aromatic amines is 1. The zero-order chi connectivity index (χ0) is 21.1. The van der Waals surface area contributed by atoms with Gasteiger partial charge in [-0.25, -0.2) is 4.79 Å². The molecule has 2 rings (SSSR count). The minimum Gasteiger partial charge on any atom is -1.00 e. The number of nitrogens with one attached hydrogen (secondary N) is 2. The van der Waals surface area contributed by atoms with Crippen LogP contribution in [-0.4, -0.2) is 33.8 Å². The molecule has 30 heavy (non-hydrogen) atoms. The van der Waals surface area contributed by atoms with Crippen molar-refractivity contribution < 1.29 is 50.5 Å². The molecular weight excluding hydrogens is 391 g/mol. The van der Waals surface area contributed by atoms with E-state index in [2.05, 4.69) is 17.2 Å². The summed E-state index contributed by atoms with van der Waals surface area (Å²) in [6, 6.07) is 6.54. The molecule has 0 saturated carbocycles. The number of Topliss-reactive ketones (excluding diaryl/α,β-unsaturated/α-hetero) is 1. The van der Waals surface area contributed by atoms with Gasteiger partial charge in [-0.15, -0.1) is 0 Å². The number of ketones is 1. The number of hydrogen-bond donors (Lipinski definition) is 3. The van der Waals surface area contributed by atoms with Crippen molar-refractivity contribution >= 4 is 28.6 Å². The molecule has 0 saturated heterocycles. The molecule has 1 atom stereocenters. The third kappa shape index (κ3) is 9.02. The van der Waals surface area contributed by atoms with Gasteiger partial charge in [0.25, 0.3) is 0 Å². The Bertz CT molecular complexity index is 825. The Labute approximate surface area is 202 Å². The molecule has 7 heteroatoms. The molecule has 0 aliphatic rings. The largest absolute Gasteiger partial charge is 1.00 e. The van der Waals surface area contributed by atoms with Crippen LogP contribution in [0.15, 0.2) is 30.5 Å². The molecule has 1 amide bonds. The summed E-state index contributed by atoms with van der Waals surface area (Å²) in [4.78, 5) is 38.9. The first-order valence-corrected chi connectivity index (χ1v) is 10.6. The van der Waals surface area contributed by atoms with Crippen LogP contribution in [0.4, 0.5) is 0 Å². The number of unbranched alkanes of at least 4 members (excludes halogenated alkanes) is 6. The van der Waals surface area contributed by atoms with E-state index in [0.717, 1.165) is 35.7 Å². The number of carbonyl (C=O) groups is 3. The van der Waals surface area contributed by atoms with E-state index in [4.69, 9.17) is 0 Å². The van der Waals surface area contributed by atoms with E-state index in [1.807, 2.05) is 24.3 Å². The maximum Gasteiger partial charge on any atom is 1.00 e. The summed E-state index contributed by atoms with van der Waals surface area (Å²) in [7, 11) is 0. The Balaban J connectivity index is 0.00000450. The van der Waals surface area contributed by atoms with Gasteiger partial charge in [-0.3, -0.25) is 9.59 Å². The third-order valence-corrected chi connectivity index (χ3v) is 5.15. The van der Waals surface area contributed by atoms with Gasteiger partial charge in [-0.1, -0.05) is 63.6 Å². The molecule has 1 aromatic heterocycles. The van der Waals surface area contributed by atoms with E-state index in [-0.39, 0.29) is 49.6 Å². The molecule has 1 heterocycles. The molecule has 0 aliphatic heterocycles. The monoisotopic (exact) mass is 424 g/mol. The zero-order valence-corrected chi connectivity index (χ0v) is 20.2. The van der Waals surface area contributed by atoms with Crippen LogP contribution in [0.5, 0.6) is 0 Å². The number of hydrogen-bond acceptors (Lipinski definition) is 3. The van der Waals surface area contributed by atoms with Crippen molar-refractivity contribution in [2.75, 3.05) is 0 Å². The smallest absolute Gasteiger partial charge is 1.00 e. The molecule has 0 spiro atoms. The van der Waals surface area contributed by atoms with Gasteiger partial charge >= 0.3 is 35.5 Å². The van der Waals surface area contributed by atoms with Crippen LogP contribution < -0.4 is 34.9 Å². The Hall–Kier alpha value is -1.63. The van der Waals surface area contributed by atoms with Crippen molar-refractivity contribution in [1.29, 1.82) is 0 Å². The minimum atomic E-state index is -1.11. The summed E-state index contributed by atoms with van der Waals surface area (Å²) >= 11 is 0. The van der Waals surface area contributed by atoms with E-state index < -0.39 is 17.9 Å². The van der Waals surface area contributed by atoms with Gasteiger partial charge in [0.1, 0.15) is 11.8 Å². The van der Waals surface area contributed by atoms with Crippen molar-refractivity contribution in [1.82, 2.24) is 10.3 Å². The molecule has 0 radical (unpaired) electrons. The normalized spacial score (nSPS) is 11.6. The third-order valence-electron chi connectivity index (χ3n) is 5.15. The molecule has 0 bridgehead atoms. The molecule has 0 fully saturated rings. The fraction of sp³-hybridized carbons (Fsp3) is 0.522. The summed E-state index contributed by atoms with van der Waals surface area (Å²) in [5.41, 5.74) is 1.74. The number of para-hydroxylation sites is 1. The van der Waals surface area contributed by atoms with Crippen LogP contribution in [0, 0.1) is 0 Å². The summed E-state index contributed by atoms with van der Waals surface area (Å²) in [6.07, 6.45) is 9.84. The van der Waals surface area contributed by atoms with Crippen LogP contribution in [0.2, 0.25) is 0 Å². The molecule has 0 aliphatic carbocycles. The summed E-state index contributed by atoms with van der Waals surface area (Å²) in [5.74, 6) is -1.76. The fourth-order valence-corrected chi connectivity index (χ4v) is 3.51. The molecule has 1 aromatic carbocycles. The fourth-order valence-electron chi connectivity index (χ4n) is 3.51. The van der Waals surface area contributed by atoms with Crippen molar-refractivity contribution in [2.24, 2.45) is 0 Å². The van der Waals surface area contributed by atoms with Crippen LogP contribution in [0.1, 0.15) is 71.7 Å². The summed E-state index contributed by atoms with van der Waals surface area (Å²) in [6.45, 7) is 2.18. The molecular formula is C23H33N2NaO4. The number of carbonyl (C=O) groups excluding carboxylic acids is 2. The number of aliphatic carboxylic acids is 1. The predicted molar refractivity (Wildman–Crippen MR) is 115 cm³/mol. The van der Waals surface area contributed by atoms with E-state index in [1.165, 1.54) is 25.7 Å². The topological polar surface area (TPSA) is 99.3 Å². The first-order valence-electron chi connectivity index (χ1n) is 10.6. The predicted octanol–water partition coefficient (Wildman–Crippen LogP) is 1.50. The molecule has 6 nitrogen and oxygen atoms in total. The Morgan fingerprint density at radius 2 is 1.73 bits per heavy atom. The second kappa shape index (κ2) is 14.4. The van der Waals surface area contributed by atoms with E-state index in [9.17, 15) is 19.5 Å². The van der Waals surface area contributed by atoms with Crippen LogP contribution in [0.25, 0.3) is 10.9 Å². The number of fused-ring (bicyclic) bond motifs is 1. The number of benzene rings is 1. The first kappa shape index (κ1) is 26.4. The standard InChI is InChI=1S/C23H32N2O4.Na.H/c1-2-3-4-5-6-7-8-11-18(26)15-22(27)25-21(23(28)29)14-17-16-24-20-13-10-9-12-19(17)20;;/h9-10,12-13,16,21,24H,2-8,11,14-15H2,1H3,(H,25,27)(H,28,29);;/q;+1;-1. The number of amides is 1. The van der Waals surface area contributed by atoms with Gasteiger partial charge in [0.15, 0.2) is 0 Å². The Kier molecular flexibility index (Phi) is 12.7. The second-order valence-corrected chi connectivity index (χ2v) is 7.61. The van der Waals surface area contributed by atoms with Gasteiger partial charge in [0, 0.05) is 29.9 Å². The van der Waals surface area contributed by atoms with E-state index in [0.29, 0.717) is 6.42 Å². The minimum absolute atomic E-state index is 0. The van der Waals surface area contributed by atoms with Crippen LogP contribution in [-0.2, 0) is 20.8 Å². The van der Waals surface area contributed by atoms with Crippen LogP contribution in [0.3, 0.4) is 0 Å². The van der Waals surface area contributed by atoms with Crippen molar-refractivity contribution in [3.63, 3.8) is 0 Å². The number of carboxylic acids is 1. The van der Waals surface area contributed by atoms with Crippen molar-refractivity contribution in [3.05, 3.63) is 36.0 Å². The molecule has 160 valence electrons. The van der Waals surface area contributed by atoms with Crippen molar-refractivity contribution in [2.45, 2.75) is 77.2 Å². The Morgan fingerprint density at radius 1 is 1.07 bits per heavy atom. The van der Waals surface area contributed by atoms with E-state index >= 15 is 0 Å². The van der Waals surface area contributed by atoms with Gasteiger partial charge in [-0.05, 0) is 18.1 Å². The molecule has 3 N–H and O–H groups in total. The van der Waals surface area contributed by atoms with Crippen LogP contribution >= 0.6 is 0 Å². The Morgan fingerprint density at radius 3 is 2.43 bits per heavy atom. The number of rotatable bonds is 14. The zero-order valence-electron chi connectivity index (χ0n) is 19.2. The summed E-state index contributed by atoms with van der Waals surface area (Å²) < 4.78 is 0. The number of H-pyrrole nitrogens is 1. The van der Waals surface area contributed by atoms with Gasteiger partial charge in [0.05, 0.1) is 6.42 Å². The average molecular weight is 425 g/mol.